The Kier molecular flexibility index (Phi) is 2.39. The van der Waals surface area contributed by atoms with Crippen molar-refractivity contribution in [2.24, 2.45) is 0 Å². The molecule has 0 radical (unpaired) electrons. The Balaban J connectivity index is 2.55. The number of carbonyl (C=O) groups is 1. The van der Waals surface area contributed by atoms with E-state index < -0.39 is 0 Å². The lowest BCUT2D eigenvalue weighted by molar-refractivity contribution is -0.119. The summed E-state index contributed by atoms with van der Waals surface area (Å²) in [5.74, 6) is 0.176. The van der Waals surface area contributed by atoms with Gasteiger partial charge in [-0.2, -0.15) is 0 Å². The lowest BCUT2D eigenvalue weighted by Crippen LogP contribution is -2.40. The van der Waals surface area contributed by atoms with Gasteiger partial charge in [0.25, 0.3) is 0 Å². The van der Waals surface area contributed by atoms with Crippen molar-refractivity contribution >= 4 is 17.3 Å². The van der Waals surface area contributed by atoms with Crippen LogP contribution in [-0.4, -0.2) is 11.9 Å². The van der Waals surface area contributed by atoms with Gasteiger partial charge in [0.15, 0.2) is 0 Å². The smallest absolute Gasteiger partial charge is 0.227 e. The Morgan fingerprint density at radius 2 is 2.07 bits per heavy atom. The average Bonchev–Trinajstić information content (AvgIpc) is 2.18. The topological polar surface area (TPSA) is 46.3 Å². The number of rotatable bonds is 1. The van der Waals surface area contributed by atoms with Crippen molar-refractivity contribution < 1.29 is 4.79 Å². The maximum atomic E-state index is 11.8. The van der Waals surface area contributed by atoms with E-state index >= 15 is 0 Å². The second kappa shape index (κ2) is 3.57. The standard InChI is InChI=1S/C12H16N2O/c1-8(2)14-11(15)7-6-9-4-3-5-10(13)12(9)14/h3-5,8H,6-7,13H2,1-2H3. The second-order valence-electron chi connectivity index (χ2n) is 4.21. The minimum absolute atomic E-state index is 0.168. The Morgan fingerprint density at radius 3 is 2.73 bits per heavy atom. The maximum Gasteiger partial charge on any atom is 0.227 e. The number of hydrogen-bond acceptors (Lipinski definition) is 2. The summed E-state index contributed by atoms with van der Waals surface area (Å²) in [4.78, 5) is 13.6. The zero-order valence-electron chi connectivity index (χ0n) is 9.16. The summed E-state index contributed by atoms with van der Waals surface area (Å²) in [6.07, 6.45) is 1.40. The van der Waals surface area contributed by atoms with Crippen molar-refractivity contribution in [1.82, 2.24) is 0 Å². The number of nitrogens with two attached hydrogens (primary N) is 1. The van der Waals surface area contributed by atoms with Gasteiger partial charge in [-0.1, -0.05) is 12.1 Å². The normalized spacial score (nSPS) is 15.7. The van der Waals surface area contributed by atoms with Crippen molar-refractivity contribution in [3.05, 3.63) is 23.8 Å². The van der Waals surface area contributed by atoms with Crippen LogP contribution in [-0.2, 0) is 11.2 Å². The van der Waals surface area contributed by atoms with Gasteiger partial charge in [-0.25, -0.2) is 0 Å². The molecular weight excluding hydrogens is 188 g/mol. The fourth-order valence-corrected chi connectivity index (χ4v) is 2.14. The van der Waals surface area contributed by atoms with Crippen LogP contribution in [0, 0.1) is 0 Å². The highest BCUT2D eigenvalue weighted by Gasteiger charge is 2.27. The number of para-hydroxylation sites is 1. The summed E-state index contributed by atoms with van der Waals surface area (Å²) < 4.78 is 0. The molecular formula is C12H16N2O. The maximum absolute atomic E-state index is 11.8. The lowest BCUT2D eigenvalue weighted by atomic mass is 9.99. The van der Waals surface area contributed by atoms with Crippen LogP contribution in [0.2, 0.25) is 0 Å². The molecule has 1 amide bonds. The number of amides is 1. The quantitative estimate of drug-likeness (QED) is 0.711. The van der Waals surface area contributed by atoms with Crippen molar-refractivity contribution in [2.45, 2.75) is 32.7 Å². The Labute approximate surface area is 89.9 Å². The molecule has 1 aliphatic rings. The molecule has 2 rings (SSSR count). The molecule has 3 heteroatoms. The number of hydrogen-bond donors (Lipinski definition) is 1. The molecule has 0 fully saturated rings. The highest BCUT2D eigenvalue weighted by atomic mass is 16.2. The largest absolute Gasteiger partial charge is 0.397 e. The van der Waals surface area contributed by atoms with Crippen LogP contribution in [0.1, 0.15) is 25.8 Å². The molecule has 1 heterocycles. The first-order valence-corrected chi connectivity index (χ1v) is 5.30. The predicted octanol–water partition coefficient (Wildman–Crippen LogP) is 1.96. The summed E-state index contributed by atoms with van der Waals surface area (Å²) in [5.41, 5.74) is 8.74. The number of carbonyl (C=O) groups excluding carboxylic acids is 1. The highest BCUT2D eigenvalue weighted by Crippen LogP contribution is 2.34. The molecule has 80 valence electrons. The van der Waals surface area contributed by atoms with Crippen molar-refractivity contribution in [3.8, 4) is 0 Å². The highest BCUT2D eigenvalue weighted by molar-refractivity contribution is 6.00. The van der Waals surface area contributed by atoms with Crippen molar-refractivity contribution in [1.29, 1.82) is 0 Å². The van der Waals surface area contributed by atoms with Crippen LogP contribution in [0.5, 0.6) is 0 Å². The molecule has 0 bridgehead atoms. The van der Waals surface area contributed by atoms with Crippen LogP contribution in [0.15, 0.2) is 18.2 Å². The molecule has 0 atom stereocenters. The van der Waals surface area contributed by atoms with Crippen LogP contribution in [0.25, 0.3) is 0 Å². The van der Waals surface area contributed by atoms with Gasteiger partial charge in [0.2, 0.25) is 5.91 Å². The van der Waals surface area contributed by atoms with E-state index in [-0.39, 0.29) is 11.9 Å². The van der Waals surface area contributed by atoms with E-state index in [0.29, 0.717) is 12.1 Å². The number of nitrogens with zero attached hydrogens (tertiary/aromatic N) is 1. The molecule has 0 spiro atoms. The fourth-order valence-electron chi connectivity index (χ4n) is 2.14. The second-order valence-corrected chi connectivity index (χ2v) is 4.21. The Morgan fingerprint density at radius 1 is 1.33 bits per heavy atom. The molecule has 1 aliphatic heterocycles. The van der Waals surface area contributed by atoms with E-state index in [1.54, 1.807) is 0 Å². The summed E-state index contributed by atoms with van der Waals surface area (Å²) in [6.45, 7) is 4.03. The van der Waals surface area contributed by atoms with Crippen molar-refractivity contribution in [3.63, 3.8) is 0 Å². The van der Waals surface area contributed by atoms with E-state index in [1.807, 2.05) is 36.9 Å². The number of anilines is 2. The van der Waals surface area contributed by atoms with Gasteiger partial charge >= 0.3 is 0 Å². The summed E-state index contributed by atoms with van der Waals surface area (Å²) >= 11 is 0. The molecule has 0 aliphatic carbocycles. The number of nitrogen functional groups attached to an aromatic ring is 1. The van der Waals surface area contributed by atoms with Crippen LogP contribution < -0.4 is 10.6 Å². The lowest BCUT2D eigenvalue weighted by Gasteiger charge is -2.33. The van der Waals surface area contributed by atoms with Gasteiger partial charge in [0, 0.05) is 12.5 Å². The van der Waals surface area contributed by atoms with E-state index in [2.05, 4.69) is 0 Å². The van der Waals surface area contributed by atoms with Crippen LogP contribution >= 0.6 is 0 Å². The van der Waals surface area contributed by atoms with E-state index in [9.17, 15) is 4.79 Å². The average molecular weight is 204 g/mol. The third-order valence-corrected chi connectivity index (χ3v) is 2.78. The van der Waals surface area contributed by atoms with Gasteiger partial charge in [-0.15, -0.1) is 0 Å². The summed E-state index contributed by atoms with van der Waals surface area (Å²) in [6, 6.07) is 6.02. The van der Waals surface area contributed by atoms with Gasteiger partial charge in [0.05, 0.1) is 11.4 Å². The van der Waals surface area contributed by atoms with Gasteiger partial charge in [-0.05, 0) is 31.9 Å². The minimum Gasteiger partial charge on any atom is -0.397 e. The molecule has 1 aromatic carbocycles. The van der Waals surface area contributed by atoms with E-state index in [4.69, 9.17) is 5.73 Å². The molecule has 3 nitrogen and oxygen atoms in total. The summed E-state index contributed by atoms with van der Waals surface area (Å²) in [7, 11) is 0. The SMILES string of the molecule is CC(C)N1C(=O)CCc2cccc(N)c21. The zero-order chi connectivity index (χ0) is 11.0. The molecule has 0 aromatic heterocycles. The first-order chi connectivity index (χ1) is 7.11. The molecule has 15 heavy (non-hydrogen) atoms. The third-order valence-electron chi connectivity index (χ3n) is 2.78. The molecule has 0 saturated carbocycles. The first-order valence-electron chi connectivity index (χ1n) is 5.30. The Bertz CT molecular complexity index is 399. The van der Waals surface area contributed by atoms with Gasteiger partial charge < -0.3 is 10.6 Å². The molecule has 1 aromatic rings. The van der Waals surface area contributed by atoms with E-state index in [1.165, 1.54) is 5.56 Å². The summed E-state index contributed by atoms with van der Waals surface area (Å²) in [5, 5.41) is 0. The van der Waals surface area contributed by atoms with Gasteiger partial charge in [0.1, 0.15) is 0 Å². The molecule has 2 N–H and O–H groups in total. The number of fused-ring (bicyclic) bond motifs is 1. The minimum atomic E-state index is 0.168. The molecule has 0 unspecified atom stereocenters. The monoisotopic (exact) mass is 204 g/mol. The van der Waals surface area contributed by atoms with E-state index in [0.717, 1.165) is 12.1 Å². The van der Waals surface area contributed by atoms with Gasteiger partial charge in [-0.3, -0.25) is 4.79 Å². The van der Waals surface area contributed by atoms with Crippen LogP contribution in [0.4, 0.5) is 11.4 Å². The fraction of sp³-hybridized carbons (Fsp3) is 0.417. The molecule has 0 saturated heterocycles. The predicted molar refractivity (Wildman–Crippen MR) is 61.8 cm³/mol. The van der Waals surface area contributed by atoms with Crippen molar-refractivity contribution in [2.75, 3.05) is 10.6 Å². The first kappa shape index (κ1) is 10.0. The number of aryl methyl sites for hydroxylation is 1. The number of benzene rings is 1. The Hall–Kier alpha value is -1.51. The third kappa shape index (κ3) is 1.58. The van der Waals surface area contributed by atoms with Crippen LogP contribution in [0.3, 0.4) is 0 Å². The zero-order valence-corrected chi connectivity index (χ0v) is 9.16.